The summed E-state index contributed by atoms with van der Waals surface area (Å²) in [5.41, 5.74) is 4.35. The minimum absolute atomic E-state index is 0.257. The van der Waals surface area contributed by atoms with Crippen LogP contribution in [-0.4, -0.2) is 37.0 Å². The van der Waals surface area contributed by atoms with E-state index in [9.17, 15) is 10.1 Å². The van der Waals surface area contributed by atoms with Crippen LogP contribution in [0.1, 0.15) is 48.3 Å². The Morgan fingerprint density at radius 3 is 2.71 bits per heavy atom. The maximum atomic E-state index is 12.4. The van der Waals surface area contributed by atoms with Gasteiger partial charge < -0.3 is 9.80 Å². The van der Waals surface area contributed by atoms with Crippen molar-refractivity contribution in [1.82, 2.24) is 4.90 Å². The van der Waals surface area contributed by atoms with Crippen molar-refractivity contribution in [2.75, 3.05) is 31.1 Å². The van der Waals surface area contributed by atoms with Gasteiger partial charge in [0.25, 0.3) is 0 Å². The summed E-state index contributed by atoms with van der Waals surface area (Å²) < 4.78 is 0. The van der Waals surface area contributed by atoms with Crippen molar-refractivity contribution in [2.24, 2.45) is 0 Å². The Balaban J connectivity index is 1.41. The highest BCUT2D eigenvalue weighted by Gasteiger charge is 2.26. The summed E-state index contributed by atoms with van der Waals surface area (Å²) in [5.74, 6) is 0.697. The van der Waals surface area contributed by atoms with Crippen molar-refractivity contribution >= 4 is 11.6 Å². The zero-order valence-electron chi connectivity index (χ0n) is 16.3. The zero-order chi connectivity index (χ0) is 19.3. The number of benzene rings is 2. The molecule has 2 saturated heterocycles. The number of amides is 1. The maximum absolute atomic E-state index is 12.4. The molecule has 2 heterocycles. The first kappa shape index (κ1) is 18.7. The molecular formula is C24H27N3O. The molecule has 2 aromatic rings. The van der Waals surface area contributed by atoms with Crippen LogP contribution in [0.25, 0.3) is 0 Å². The highest BCUT2D eigenvalue weighted by molar-refractivity contribution is 5.94. The number of likely N-dealkylation sites (tertiary alicyclic amines) is 1. The topological polar surface area (TPSA) is 47.3 Å². The molecular weight excluding hydrogens is 346 g/mol. The number of rotatable bonds is 5. The van der Waals surface area contributed by atoms with Crippen molar-refractivity contribution in [2.45, 2.75) is 38.0 Å². The first-order chi connectivity index (χ1) is 13.8. The molecule has 2 aliphatic heterocycles. The fraction of sp³-hybridized carbons (Fsp3) is 0.417. The second-order valence-electron chi connectivity index (χ2n) is 7.87. The van der Waals surface area contributed by atoms with Crippen LogP contribution in [0.5, 0.6) is 0 Å². The predicted octanol–water partition coefficient (Wildman–Crippen LogP) is 4.11. The van der Waals surface area contributed by atoms with Crippen LogP contribution in [0, 0.1) is 11.3 Å². The molecule has 0 aliphatic carbocycles. The van der Waals surface area contributed by atoms with Gasteiger partial charge in [0.2, 0.25) is 5.91 Å². The molecule has 1 unspecified atom stereocenters. The van der Waals surface area contributed by atoms with Gasteiger partial charge in [0.05, 0.1) is 11.6 Å². The largest absolute Gasteiger partial charge is 0.312 e. The van der Waals surface area contributed by atoms with Crippen LogP contribution in [0.15, 0.2) is 48.5 Å². The molecule has 0 N–H and O–H groups in total. The Hall–Kier alpha value is -2.64. The highest BCUT2D eigenvalue weighted by atomic mass is 16.2. The molecule has 0 bridgehead atoms. The van der Waals surface area contributed by atoms with Crippen molar-refractivity contribution < 1.29 is 4.79 Å². The molecule has 2 fully saturated rings. The van der Waals surface area contributed by atoms with E-state index in [0.717, 1.165) is 63.1 Å². The Kier molecular flexibility index (Phi) is 5.73. The van der Waals surface area contributed by atoms with E-state index in [0.29, 0.717) is 12.3 Å². The predicted molar refractivity (Wildman–Crippen MR) is 111 cm³/mol. The third-order valence-corrected chi connectivity index (χ3v) is 6.10. The van der Waals surface area contributed by atoms with Crippen LogP contribution < -0.4 is 4.90 Å². The lowest BCUT2D eigenvalue weighted by Crippen LogP contribution is -2.36. The molecule has 4 nitrogen and oxygen atoms in total. The summed E-state index contributed by atoms with van der Waals surface area (Å²) in [4.78, 5) is 16.8. The van der Waals surface area contributed by atoms with Crippen LogP contribution in [0.4, 0.5) is 5.69 Å². The van der Waals surface area contributed by atoms with Crippen molar-refractivity contribution in [3.63, 3.8) is 0 Å². The van der Waals surface area contributed by atoms with Gasteiger partial charge in [0.15, 0.2) is 0 Å². The number of nitriles is 1. The molecule has 2 aromatic carbocycles. The van der Waals surface area contributed by atoms with Crippen molar-refractivity contribution in [3.05, 3.63) is 65.2 Å². The Morgan fingerprint density at radius 2 is 1.86 bits per heavy atom. The second-order valence-corrected chi connectivity index (χ2v) is 7.87. The molecule has 0 saturated carbocycles. The van der Waals surface area contributed by atoms with Crippen LogP contribution in [0.2, 0.25) is 0 Å². The smallest absolute Gasteiger partial charge is 0.226 e. The Labute approximate surface area is 167 Å². The van der Waals surface area contributed by atoms with E-state index >= 15 is 0 Å². The molecule has 0 aromatic heterocycles. The molecule has 2 aliphatic rings. The summed E-state index contributed by atoms with van der Waals surface area (Å²) >= 11 is 0. The minimum atomic E-state index is 0.257. The first-order valence-corrected chi connectivity index (χ1v) is 10.4. The fourth-order valence-corrected chi connectivity index (χ4v) is 4.57. The van der Waals surface area contributed by atoms with Crippen LogP contribution >= 0.6 is 0 Å². The summed E-state index contributed by atoms with van der Waals surface area (Å²) in [7, 11) is 0. The van der Waals surface area contributed by atoms with E-state index in [1.54, 1.807) is 0 Å². The van der Waals surface area contributed by atoms with Gasteiger partial charge in [-0.2, -0.15) is 5.26 Å². The molecule has 0 spiro atoms. The SMILES string of the molecule is N#Cc1ccccc1C1CCN(CCc2ccccc2N2CCCCC2=O)C1. The van der Waals surface area contributed by atoms with Crippen molar-refractivity contribution in [3.8, 4) is 6.07 Å². The molecule has 4 heteroatoms. The van der Waals surface area contributed by atoms with Crippen LogP contribution in [-0.2, 0) is 11.2 Å². The standard InChI is InChI=1S/C24H27N3O/c25-17-20-8-1-3-9-22(20)21-13-16-26(18-21)15-12-19-7-2-4-10-23(19)27-14-6-5-11-24(27)28/h1-4,7-10,21H,5-6,11-16,18H2. The number of hydrogen-bond acceptors (Lipinski definition) is 3. The highest BCUT2D eigenvalue weighted by Crippen LogP contribution is 2.30. The number of carbonyl (C=O) groups is 1. The van der Waals surface area contributed by atoms with E-state index in [1.807, 2.05) is 29.2 Å². The maximum Gasteiger partial charge on any atom is 0.226 e. The van der Waals surface area contributed by atoms with Gasteiger partial charge in [0.1, 0.15) is 0 Å². The first-order valence-electron chi connectivity index (χ1n) is 10.4. The monoisotopic (exact) mass is 373 g/mol. The Morgan fingerprint density at radius 1 is 1.04 bits per heavy atom. The summed E-state index contributed by atoms with van der Waals surface area (Å²) in [6, 6.07) is 18.7. The quantitative estimate of drug-likeness (QED) is 0.792. The number of anilines is 1. The average Bonchev–Trinajstić information content (AvgIpc) is 3.22. The van der Waals surface area contributed by atoms with E-state index in [4.69, 9.17) is 0 Å². The van der Waals surface area contributed by atoms with Crippen molar-refractivity contribution in [1.29, 1.82) is 5.26 Å². The normalized spacial score (nSPS) is 20.3. The van der Waals surface area contributed by atoms with Gasteiger partial charge in [-0.25, -0.2) is 0 Å². The molecule has 28 heavy (non-hydrogen) atoms. The third-order valence-electron chi connectivity index (χ3n) is 6.10. The third kappa shape index (κ3) is 3.95. The second kappa shape index (κ2) is 8.58. The molecule has 144 valence electrons. The average molecular weight is 374 g/mol. The molecule has 1 atom stereocenters. The number of carbonyl (C=O) groups excluding carboxylic acids is 1. The van der Waals surface area contributed by atoms with E-state index in [-0.39, 0.29) is 5.91 Å². The van der Waals surface area contributed by atoms with Crippen LogP contribution in [0.3, 0.4) is 0 Å². The number of nitrogens with zero attached hydrogens (tertiary/aromatic N) is 3. The summed E-state index contributed by atoms with van der Waals surface area (Å²) in [6.07, 6.45) is 4.82. The number of piperidine rings is 1. The lowest BCUT2D eigenvalue weighted by molar-refractivity contribution is -0.119. The number of para-hydroxylation sites is 1. The van der Waals surface area contributed by atoms with E-state index in [2.05, 4.69) is 35.2 Å². The lowest BCUT2D eigenvalue weighted by atomic mass is 9.94. The van der Waals surface area contributed by atoms with Gasteiger partial charge in [-0.1, -0.05) is 36.4 Å². The fourth-order valence-electron chi connectivity index (χ4n) is 4.57. The summed E-state index contributed by atoms with van der Waals surface area (Å²) in [5, 5.41) is 9.38. The molecule has 0 radical (unpaired) electrons. The van der Waals surface area contributed by atoms with Gasteiger partial charge >= 0.3 is 0 Å². The van der Waals surface area contributed by atoms with Gasteiger partial charge in [0, 0.05) is 31.7 Å². The van der Waals surface area contributed by atoms with Gasteiger partial charge in [-0.05, 0) is 61.4 Å². The number of hydrogen-bond donors (Lipinski definition) is 0. The minimum Gasteiger partial charge on any atom is -0.312 e. The molecule has 1 amide bonds. The lowest BCUT2D eigenvalue weighted by Gasteiger charge is -2.29. The summed E-state index contributed by atoms with van der Waals surface area (Å²) in [6.45, 7) is 3.90. The molecule has 4 rings (SSSR count). The Bertz CT molecular complexity index is 885. The zero-order valence-corrected chi connectivity index (χ0v) is 16.3. The van der Waals surface area contributed by atoms with E-state index in [1.165, 1.54) is 11.1 Å². The van der Waals surface area contributed by atoms with Gasteiger partial charge in [-0.15, -0.1) is 0 Å². The van der Waals surface area contributed by atoms with Gasteiger partial charge in [-0.3, -0.25) is 4.79 Å². The van der Waals surface area contributed by atoms with E-state index < -0.39 is 0 Å².